The van der Waals surface area contributed by atoms with Crippen LogP contribution in [0.4, 0.5) is 5.69 Å². The molecule has 1 saturated heterocycles. The zero-order valence-corrected chi connectivity index (χ0v) is 13.9. The van der Waals surface area contributed by atoms with Crippen molar-refractivity contribution in [3.8, 4) is 0 Å². The second-order valence-electron chi connectivity index (χ2n) is 5.87. The maximum atomic E-state index is 12.3. The monoisotopic (exact) mass is 342 g/mol. The molecule has 3 aromatic rings. The molecule has 1 aromatic heterocycles. The molecule has 2 heterocycles. The summed E-state index contributed by atoms with van der Waals surface area (Å²) in [6.07, 6.45) is 1.17. The molecule has 0 spiro atoms. The standard InChI is InChI=1S/C18H18N4O.ClH/c23-18(17-21-15-3-1-2-4-16(15)22-17)20-14-7-5-12(6-8-14)13-9-10-19-11-13;/h1-8,13,19H,9-11H2,(H,20,23)(H,21,22);1H/t13-;/m0./s1. The number of nitrogens with zero attached hydrogens (tertiary/aromatic N) is 1. The van der Waals surface area contributed by atoms with E-state index < -0.39 is 0 Å². The largest absolute Gasteiger partial charge is 0.334 e. The zero-order valence-electron chi connectivity index (χ0n) is 13.1. The number of rotatable bonds is 3. The third-order valence-corrected chi connectivity index (χ3v) is 4.30. The van der Waals surface area contributed by atoms with Crippen molar-refractivity contribution in [3.63, 3.8) is 0 Å². The van der Waals surface area contributed by atoms with Gasteiger partial charge in [0.1, 0.15) is 0 Å². The quantitative estimate of drug-likeness (QED) is 0.684. The molecule has 124 valence electrons. The third-order valence-electron chi connectivity index (χ3n) is 4.30. The van der Waals surface area contributed by atoms with Crippen molar-refractivity contribution in [1.29, 1.82) is 0 Å². The fourth-order valence-electron chi connectivity index (χ4n) is 3.03. The number of aromatic amines is 1. The third kappa shape index (κ3) is 3.27. The number of halogens is 1. The predicted octanol–water partition coefficient (Wildman–Crippen LogP) is 3.31. The van der Waals surface area contributed by atoms with Gasteiger partial charge >= 0.3 is 0 Å². The van der Waals surface area contributed by atoms with Crippen molar-refractivity contribution < 1.29 is 4.79 Å². The molecule has 1 fully saturated rings. The first kappa shape index (κ1) is 16.5. The highest BCUT2D eigenvalue weighted by atomic mass is 35.5. The molecule has 4 rings (SSSR count). The van der Waals surface area contributed by atoms with E-state index in [1.165, 1.54) is 12.0 Å². The van der Waals surface area contributed by atoms with Gasteiger partial charge in [-0.15, -0.1) is 12.4 Å². The molecule has 0 radical (unpaired) electrons. The molecule has 1 aliphatic rings. The van der Waals surface area contributed by atoms with Crippen LogP contribution >= 0.6 is 12.4 Å². The van der Waals surface area contributed by atoms with Crippen LogP contribution in [0.2, 0.25) is 0 Å². The number of carbonyl (C=O) groups excluding carboxylic acids is 1. The van der Waals surface area contributed by atoms with Crippen LogP contribution in [-0.4, -0.2) is 29.0 Å². The van der Waals surface area contributed by atoms with Gasteiger partial charge in [-0.05, 0) is 48.7 Å². The van der Waals surface area contributed by atoms with Crippen molar-refractivity contribution in [2.24, 2.45) is 0 Å². The number of hydrogen-bond acceptors (Lipinski definition) is 3. The summed E-state index contributed by atoms with van der Waals surface area (Å²) in [5.41, 5.74) is 3.75. The summed E-state index contributed by atoms with van der Waals surface area (Å²) in [7, 11) is 0. The van der Waals surface area contributed by atoms with Crippen LogP contribution < -0.4 is 10.6 Å². The van der Waals surface area contributed by atoms with Crippen molar-refractivity contribution in [1.82, 2.24) is 15.3 Å². The van der Waals surface area contributed by atoms with E-state index in [4.69, 9.17) is 0 Å². The van der Waals surface area contributed by atoms with E-state index in [9.17, 15) is 4.79 Å². The molecular formula is C18H19ClN4O. The minimum atomic E-state index is -0.225. The highest BCUT2D eigenvalue weighted by molar-refractivity contribution is 6.03. The summed E-state index contributed by atoms with van der Waals surface area (Å²) in [6, 6.07) is 15.7. The Morgan fingerprint density at radius 2 is 1.92 bits per heavy atom. The van der Waals surface area contributed by atoms with Crippen LogP contribution in [0.25, 0.3) is 11.0 Å². The first-order valence-corrected chi connectivity index (χ1v) is 7.86. The summed E-state index contributed by atoms with van der Waals surface area (Å²) < 4.78 is 0. The number of anilines is 1. The van der Waals surface area contributed by atoms with Crippen LogP contribution in [0.15, 0.2) is 48.5 Å². The van der Waals surface area contributed by atoms with Crippen molar-refractivity contribution in [3.05, 3.63) is 59.9 Å². The fourth-order valence-corrected chi connectivity index (χ4v) is 3.03. The fraction of sp³-hybridized carbons (Fsp3) is 0.222. The van der Waals surface area contributed by atoms with Gasteiger partial charge in [-0.25, -0.2) is 4.98 Å². The Hall–Kier alpha value is -2.37. The van der Waals surface area contributed by atoms with Gasteiger partial charge in [0.15, 0.2) is 5.82 Å². The lowest BCUT2D eigenvalue weighted by molar-refractivity contribution is 0.101. The number of benzene rings is 2. The van der Waals surface area contributed by atoms with Gasteiger partial charge in [0, 0.05) is 12.2 Å². The van der Waals surface area contributed by atoms with E-state index in [0.717, 1.165) is 29.8 Å². The van der Waals surface area contributed by atoms with Gasteiger partial charge in [0.05, 0.1) is 11.0 Å². The predicted molar refractivity (Wildman–Crippen MR) is 98.0 cm³/mol. The number of amides is 1. The lowest BCUT2D eigenvalue weighted by Gasteiger charge is -2.10. The van der Waals surface area contributed by atoms with Gasteiger partial charge in [-0.3, -0.25) is 4.79 Å². The van der Waals surface area contributed by atoms with Gasteiger partial charge in [0.2, 0.25) is 0 Å². The molecule has 1 amide bonds. The SMILES string of the molecule is Cl.O=C(Nc1ccc([C@H]2CCNC2)cc1)c1nc2ccccc2[nH]1. The maximum absolute atomic E-state index is 12.3. The van der Waals surface area contributed by atoms with E-state index >= 15 is 0 Å². The molecular weight excluding hydrogens is 324 g/mol. The summed E-state index contributed by atoms with van der Waals surface area (Å²) >= 11 is 0. The minimum absolute atomic E-state index is 0. The number of para-hydroxylation sites is 2. The highest BCUT2D eigenvalue weighted by Gasteiger charge is 2.16. The molecule has 24 heavy (non-hydrogen) atoms. The molecule has 0 aliphatic carbocycles. The molecule has 6 heteroatoms. The van der Waals surface area contributed by atoms with Crippen LogP contribution in [0, 0.1) is 0 Å². The molecule has 0 bridgehead atoms. The first-order chi connectivity index (χ1) is 11.3. The second-order valence-corrected chi connectivity index (χ2v) is 5.87. The summed E-state index contributed by atoms with van der Waals surface area (Å²) in [5, 5.41) is 6.26. The van der Waals surface area contributed by atoms with E-state index in [1.54, 1.807) is 0 Å². The summed E-state index contributed by atoms with van der Waals surface area (Å²) in [4.78, 5) is 19.7. The summed E-state index contributed by atoms with van der Waals surface area (Å²) in [6.45, 7) is 2.11. The van der Waals surface area contributed by atoms with Gasteiger partial charge in [-0.1, -0.05) is 24.3 Å². The van der Waals surface area contributed by atoms with Crippen LogP contribution in [0.3, 0.4) is 0 Å². The Morgan fingerprint density at radius 3 is 2.62 bits per heavy atom. The topological polar surface area (TPSA) is 69.8 Å². The summed E-state index contributed by atoms with van der Waals surface area (Å²) in [5.74, 6) is 0.682. The van der Waals surface area contributed by atoms with Gasteiger partial charge in [0.25, 0.3) is 5.91 Å². The molecule has 1 aliphatic heterocycles. The number of fused-ring (bicyclic) bond motifs is 1. The number of nitrogens with one attached hydrogen (secondary N) is 3. The van der Waals surface area contributed by atoms with E-state index in [-0.39, 0.29) is 18.3 Å². The highest BCUT2D eigenvalue weighted by Crippen LogP contribution is 2.23. The first-order valence-electron chi connectivity index (χ1n) is 7.86. The Balaban J connectivity index is 0.00000169. The molecule has 3 N–H and O–H groups in total. The number of H-pyrrole nitrogens is 1. The number of carbonyl (C=O) groups is 1. The van der Waals surface area contributed by atoms with Crippen molar-refractivity contribution in [2.75, 3.05) is 18.4 Å². The number of imidazole rings is 1. The Bertz CT molecular complexity index is 805. The smallest absolute Gasteiger partial charge is 0.291 e. The van der Waals surface area contributed by atoms with E-state index in [1.807, 2.05) is 36.4 Å². The van der Waals surface area contributed by atoms with Crippen molar-refractivity contribution in [2.45, 2.75) is 12.3 Å². The van der Waals surface area contributed by atoms with Crippen LogP contribution in [0.5, 0.6) is 0 Å². The molecule has 0 unspecified atom stereocenters. The normalized spacial score (nSPS) is 16.8. The van der Waals surface area contributed by atoms with Crippen molar-refractivity contribution >= 4 is 35.0 Å². The lowest BCUT2D eigenvalue weighted by Crippen LogP contribution is -2.13. The van der Waals surface area contributed by atoms with Gasteiger partial charge in [-0.2, -0.15) is 0 Å². The van der Waals surface area contributed by atoms with E-state index in [2.05, 4.69) is 32.7 Å². The Labute approximate surface area is 146 Å². The zero-order chi connectivity index (χ0) is 15.6. The van der Waals surface area contributed by atoms with Crippen LogP contribution in [-0.2, 0) is 0 Å². The molecule has 2 aromatic carbocycles. The van der Waals surface area contributed by atoms with Crippen LogP contribution in [0.1, 0.15) is 28.5 Å². The Morgan fingerprint density at radius 1 is 1.12 bits per heavy atom. The molecule has 5 nitrogen and oxygen atoms in total. The van der Waals surface area contributed by atoms with Gasteiger partial charge < -0.3 is 15.6 Å². The number of aromatic nitrogens is 2. The molecule has 0 saturated carbocycles. The Kier molecular flexibility index (Phi) is 4.83. The number of hydrogen-bond donors (Lipinski definition) is 3. The molecule has 1 atom stereocenters. The average Bonchev–Trinajstić information content (AvgIpc) is 3.25. The minimum Gasteiger partial charge on any atom is -0.334 e. The lowest BCUT2D eigenvalue weighted by atomic mass is 9.98. The van der Waals surface area contributed by atoms with E-state index in [0.29, 0.717) is 11.7 Å². The second kappa shape index (κ2) is 7.03. The maximum Gasteiger partial charge on any atom is 0.291 e. The average molecular weight is 343 g/mol.